The number of ether oxygens (including phenoxy) is 1. The fraction of sp³-hybridized carbons (Fsp3) is 1.00. The van der Waals surface area contributed by atoms with E-state index in [1.807, 2.05) is 0 Å². The summed E-state index contributed by atoms with van der Waals surface area (Å²) < 4.78 is 5.55. The Bertz CT molecular complexity index is 126. The molecule has 0 aromatic carbocycles. The molecule has 2 aliphatic heterocycles. The van der Waals surface area contributed by atoms with Gasteiger partial charge in [0.2, 0.25) is 0 Å². The molecular weight excluding hydrogens is 126 g/mol. The quantitative estimate of drug-likeness (QED) is 0.496. The van der Waals surface area contributed by atoms with Crippen LogP contribution >= 0.6 is 0 Å². The fourth-order valence-electron chi connectivity index (χ4n) is 1.98. The van der Waals surface area contributed by atoms with Crippen LogP contribution in [0.5, 0.6) is 0 Å². The Morgan fingerprint density at radius 2 is 2.40 bits per heavy atom. The van der Waals surface area contributed by atoms with Crippen LogP contribution in [0.25, 0.3) is 0 Å². The van der Waals surface area contributed by atoms with Crippen LogP contribution in [0.1, 0.15) is 19.8 Å². The summed E-state index contributed by atoms with van der Waals surface area (Å²) in [7, 11) is 0. The van der Waals surface area contributed by atoms with E-state index in [0.29, 0.717) is 6.10 Å². The molecule has 2 heteroatoms. The Balaban J connectivity index is 1.96. The van der Waals surface area contributed by atoms with E-state index >= 15 is 0 Å². The first kappa shape index (κ1) is 6.62. The smallest absolute Gasteiger partial charge is 0.0674 e. The lowest BCUT2D eigenvalue weighted by Gasteiger charge is -2.33. The van der Waals surface area contributed by atoms with Gasteiger partial charge in [-0.05, 0) is 26.3 Å². The molecule has 0 aromatic heterocycles. The lowest BCUT2D eigenvalue weighted by Crippen LogP contribution is -2.44. The average molecular weight is 141 g/mol. The fourth-order valence-corrected chi connectivity index (χ4v) is 1.98. The number of morpholine rings is 1. The summed E-state index contributed by atoms with van der Waals surface area (Å²) in [4.78, 5) is 2.56. The van der Waals surface area contributed by atoms with Gasteiger partial charge < -0.3 is 4.74 Å². The maximum Gasteiger partial charge on any atom is 0.0674 e. The van der Waals surface area contributed by atoms with E-state index in [1.165, 1.54) is 19.4 Å². The Hall–Kier alpha value is -0.0800. The van der Waals surface area contributed by atoms with Gasteiger partial charge in [0.15, 0.2) is 0 Å². The highest BCUT2D eigenvalue weighted by Crippen LogP contribution is 2.21. The van der Waals surface area contributed by atoms with Gasteiger partial charge in [-0.2, -0.15) is 0 Å². The van der Waals surface area contributed by atoms with Crippen LogP contribution in [0.4, 0.5) is 0 Å². The third-order valence-corrected chi connectivity index (χ3v) is 2.56. The van der Waals surface area contributed by atoms with Crippen LogP contribution in [-0.2, 0) is 4.74 Å². The SMILES string of the molecule is C[C@H]1CN2CCC[C@H]2CO1. The number of nitrogens with zero attached hydrogens (tertiary/aromatic N) is 1. The zero-order valence-corrected chi connectivity index (χ0v) is 6.55. The highest BCUT2D eigenvalue weighted by atomic mass is 16.5. The predicted molar refractivity (Wildman–Crippen MR) is 40.0 cm³/mol. The maximum absolute atomic E-state index is 5.55. The summed E-state index contributed by atoms with van der Waals surface area (Å²) in [5, 5.41) is 0. The first-order valence-electron chi connectivity index (χ1n) is 4.22. The first-order chi connectivity index (χ1) is 4.86. The predicted octanol–water partition coefficient (Wildman–Crippen LogP) is 0.869. The molecule has 0 radical (unpaired) electrons. The Morgan fingerprint density at radius 1 is 1.50 bits per heavy atom. The highest BCUT2D eigenvalue weighted by Gasteiger charge is 2.29. The third kappa shape index (κ3) is 1.06. The van der Waals surface area contributed by atoms with Crippen molar-refractivity contribution in [3.63, 3.8) is 0 Å². The van der Waals surface area contributed by atoms with Crippen molar-refractivity contribution in [3.05, 3.63) is 0 Å². The normalized spacial score (nSPS) is 41.7. The molecule has 2 aliphatic rings. The minimum absolute atomic E-state index is 0.467. The van der Waals surface area contributed by atoms with Gasteiger partial charge in [0.05, 0.1) is 12.7 Å². The van der Waals surface area contributed by atoms with Crippen LogP contribution in [0.2, 0.25) is 0 Å². The molecule has 2 saturated heterocycles. The molecule has 0 spiro atoms. The summed E-state index contributed by atoms with van der Waals surface area (Å²) in [5.74, 6) is 0. The third-order valence-electron chi connectivity index (χ3n) is 2.56. The minimum atomic E-state index is 0.467. The molecule has 2 rings (SSSR count). The minimum Gasteiger partial charge on any atom is -0.376 e. The van der Waals surface area contributed by atoms with Gasteiger partial charge in [0.1, 0.15) is 0 Å². The first-order valence-corrected chi connectivity index (χ1v) is 4.22. The van der Waals surface area contributed by atoms with Crippen molar-refractivity contribution in [1.82, 2.24) is 4.90 Å². The molecule has 2 heterocycles. The van der Waals surface area contributed by atoms with E-state index < -0.39 is 0 Å². The number of hydrogen-bond donors (Lipinski definition) is 0. The zero-order valence-electron chi connectivity index (χ0n) is 6.55. The standard InChI is InChI=1S/C8H15NO/c1-7-5-9-4-2-3-8(9)6-10-7/h7-8H,2-6H2,1H3/t7-,8-/m0/s1. The van der Waals surface area contributed by atoms with E-state index in [2.05, 4.69) is 11.8 Å². The molecule has 2 nitrogen and oxygen atoms in total. The van der Waals surface area contributed by atoms with Crippen molar-refractivity contribution in [3.8, 4) is 0 Å². The Labute approximate surface area is 62.2 Å². The second kappa shape index (κ2) is 2.51. The number of fused-ring (bicyclic) bond motifs is 1. The van der Waals surface area contributed by atoms with Gasteiger partial charge >= 0.3 is 0 Å². The van der Waals surface area contributed by atoms with Crippen molar-refractivity contribution in [2.45, 2.75) is 31.9 Å². The Morgan fingerprint density at radius 3 is 3.30 bits per heavy atom. The van der Waals surface area contributed by atoms with Crippen molar-refractivity contribution >= 4 is 0 Å². The van der Waals surface area contributed by atoms with E-state index in [9.17, 15) is 0 Å². The molecule has 0 amide bonds. The molecule has 0 unspecified atom stereocenters. The second-order valence-electron chi connectivity index (χ2n) is 3.43. The summed E-state index contributed by atoms with van der Waals surface area (Å²) in [6.07, 6.45) is 3.20. The topological polar surface area (TPSA) is 12.5 Å². The van der Waals surface area contributed by atoms with Gasteiger partial charge in [-0.25, -0.2) is 0 Å². The number of rotatable bonds is 0. The van der Waals surface area contributed by atoms with Crippen molar-refractivity contribution in [1.29, 1.82) is 0 Å². The van der Waals surface area contributed by atoms with Crippen LogP contribution in [-0.4, -0.2) is 36.7 Å². The van der Waals surface area contributed by atoms with Crippen LogP contribution in [0.15, 0.2) is 0 Å². The molecular formula is C8H15NO. The van der Waals surface area contributed by atoms with E-state index in [0.717, 1.165) is 19.2 Å². The molecule has 0 bridgehead atoms. The zero-order chi connectivity index (χ0) is 6.97. The van der Waals surface area contributed by atoms with Gasteiger partial charge in [0, 0.05) is 12.6 Å². The Kier molecular flexibility index (Phi) is 1.66. The maximum atomic E-state index is 5.55. The summed E-state index contributed by atoms with van der Waals surface area (Å²) in [6.45, 7) is 5.60. The lowest BCUT2D eigenvalue weighted by atomic mass is 10.2. The van der Waals surface area contributed by atoms with Crippen LogP contribution in [0, 0.1) is 0 Å². The van der Waals surface area contributed by atoms with Gasteiger partial charge in [-0.3, -0.25) is 4.90 Å². The van der Waals surface area contributed by atoms with Crippen LogP contribution in [0.3, 0.4) is 0 Å². The molecule has 0 saturated carbocycles. The van der Waals surface area contributed by atoms with Crippen molar-refractivity contribution in [2.75, 3.05) is 19.7 Å². The van der Waals surface area contributed by atoms with Crippen molar-refractivity contribution in [2.24, 2.45) is 0 Å². The van der Waals surface area contributed by atoms with E-state index in [-0.39, 0.29) is 0 Å². The molecule has 0 aliphatic carbocycles. The van der Waals surface area contributed by atoms with E-state index in [4.69, 9.17) is 4.74 Å². The van der Waals surface area contributed by atoms with Crippen molar-refractivity contribution < 1.29 is 4.74 Å². The van der Waals surface area contributed by atoms with E-state index in [1.54, 1.807) is 0 Å². The highest BCUT2D eigenvalue weighted by molar-refractivity contribution is 4.83. The lowest BCUT2D eigenvalue weighted by molar-refractivity contribution is -0.0389. The molecule has 2 fully saturated rings. The molecule has 0 N–H and O–H groups in total. The van der Waals surface area contributed by atoms with Gasteiger partial charge in [-0.15, -0.1) is 0 Å². The second-order valence-corrected chi connectivity index (χ2v) is 3.43. The molecule has 2 atom stereocenters. The largest absolute Gasteiger partial charge is 0.376 e. The molecule has 58 valence electrons. The average Bonchev–Trinajstić information content (AvgIpc) is 2.33. The van der Waals surface area contributed by atoms with Crippen LogP contribution < -0.4 is 0 Å². The van der Waals surface area contributed by atoms with Gasteiger partial charge in [-0.1, -0.05) is 0 Å². The number of hydrogen-bond acceptors (Lipinski definition) is 2. The molecule has 0 aromatic rings. The summed E-state index contributed by atoms with van der Waals surface area (Å²) >= 11 is 0. The van der Waals surface area contributed by atoms with Gasteiger partial charge in [0.25, 0.3) is 0 Å². The summed E-state index contributed by atoms with van der Waals surface area (Å²) in [6, 6.07) is 0.760. The monoisotopic (exact) mass is 141 g/mol. The summed E-state index contributed by atoms with van der Waals surface area (Å²) in [5.41, 5.74) is 0. The molecule has 10 heavy (non-hydrogen) atoms.